The van der Waals surface area contributed by atoms with Crippen LogP contribution >= 0.6 is 0 Å². The molecule has 2 aromatic rings. The van der Waals surface area contributed by atoms with E-state index in [4.69, 9.17) is 4.74 Å². The lowest BCUT2D eigenvalue weighted by molar-refractivity contribution is 0.0936. The summed E-state index contributed by atoms with van der Waals surface area (Å²) in [4.78, 5) is 16.7. The van der Waals surface area contributed by atoms with Crippen molar-refractivity contribution in [1.29, 1.82) is 0 Å². The van der Waals surface area contributed by atoms with Gasteiger partial charge in [-0.2, -0.15) is 5.10 Å². The van der Waals surface area contributed by atoms with E-state index in [2.05, 4.69) is 28.4 Å². The summed E-state index contributed by atoms with van der Waals surface area (Å²) >= 11 is 0. The van der Waals surface area contributed by atoms with E-state index in [9.17, 15) is 4.79 Å². The SMILES string of the molecule is COCc1cccc(C(=O)NCC2(Cn3nc(C)cc3C)CC2)n1. The number of nitrogens with zero attached hydrogens (tertiary/aromatic N) is 3. The van der Waals surface area contributed by atoms with E-state index in [0.717, 1.165) is 30.8 Å². The highest BCUT2D eigenvalue weighted by Gasteiger charge is 2.43. The second-order valence-corrected chi connectivity index (χ2v) is 6.71. The molecule has 0 unspecified atom stereocenters. The maximum Gasteiger partial charge on any atom is 0.269 e. The lowest BCUT2D eigenvalue weighted by atomic mass is 10.1. The number of aryl methyl sites for hydroxylation is 2. The van der Waals surface area contributed by atoms with E-state index in [0.29, 0.717) is 18.8 Å². The molecule has 1 saturated carbocycles. The lowest BCUT2D eigenvalue weighted by Gasteiger charge is -2.17. The molecule has 0 aliphatic heterocycles. The van der Waals surface area contributed by atoms with Gasteiger partial charge in [-0.05, 0) is 44.9 Å². The van der Waals surface area contributed by atoms with Gasteiger partial charge in [-0.25, -0.2) is 4.98 Å². The Morgan fingerprint density at radius 3 is 2.79 bits per heavy atom. The standard InChI is InChI=1S/C18H24N4O2/c1-13-9-14(2)22(21-13)12-18(7-8-18)11-19-17(23)16-6-4-5-15(20-16)10-24-3/h4-6,9H,7-8,10-12H2,1-3H3,(H,19,23). The van der Waals surface area contributed by atoms with Crippen LogP contribution in [0, 0.1) is 19.3 Å². The quantitative estimate of drug-likeness (QED) is 0.846. The lowest BCUT2D eigenvalue weighted by Crippen LogP contribution is -2.33. The Labute approximate surface area is 142 Å². The molecule has 0 atom stereocenters. The molecule has 128 valence electrons. The summed E-state index contributed by atoms with van der Waals surface area (Å²) in [6.45, 7) is 5.98. The molecule has 1 aliphatic rings. The normalized spacial score (nSPS) is 15.3. The fourth-order valence-electron chi connectivity index (χ4n) is 2.91. The number of rotatable bonds is 7. The van der Waals surface area contributed by atoms with Crippen molar-refractivity contribution in [1.82, 2.24) is 20.1 Å². The number of hydrogen-bond acceptors (Lipinski definition) is 4. The first-order valence-electron chi connectivity index (χ1n) is 8.25. The third kappa shape index (κ3) is 3.82. The number of hydrogen-bond donors (Lipinski definition) is 1. The number of ether oxygens (including phenoxy) is 1. The smallest absolute Gasteiger partial charge is 0.269 e. The molecule has 0 saturated heterocycles. The van der Waals surface area contributed by atoms with E-state index >= 15 is 0 Å². The number of aromatic nitrogens is 3. The molecule has 0 aromatic carbocycles. The van der Waals surface area contributed by atoms with Crippen molar-refractivity contribution in [2.45, 2.75) is 39.8 Å². The van der Waals surface area contributed by atoms with Crippen LogP contribution < -0.4 is 5.32 Å². The zero-order chi connectivity index (χ0) is 17.2. The first-order chi connectivity index (χ1) is 11.5. The van der Waals surface area contributed by atoms with E-state index < -0.39 is 0 Å². The third-order valence-corrected chi connectivity index (χ3v) is 4.50. The van der Waals surface area contributed by atoms with Crippen molar-refractivity contribution in [2.75, 3.05) is 13.7 Å². The minimum atomic E-state index is -0.132. The largest absolute Gasteiger partial charge is 0.378 e. The Morgan fingerprint density at radius 2 is 2.17 bits per heavy atom. The molecule has 24 heavy (non-hydrogen) atoms. The molecule has 2 heterocycles. The van der Waals surface area contributed by atoms with Gasteiger partial charge in [-0.1, -0.05) is 6.07 Å². The van der Waals surface area contributed by atoms with Gasteiger partial charge in [-0.15, -0.1) is 0 Å². The first-order valence-corrected chi connectivity index (χ1v) is 8.25. The average Bonchev–Trinajstić information content (AvgIpc) is 3.25. The fraction of sp³-hybridized carbons (Fsp3) is 0.500. The molecule has 6 nitrogen and oxygen atoms in total. The fourth-order valence-corrected chi connectivity index (χ4v) is 2.91. The summed E-state index contributed by atoms with van der Waals surface area (Å²) in [5.41, 5.74) is 3.52. The van der Waals surface area contributed by atoms with Gasteiger partial charge in [0.2, 0.25) is 0 Å². The molecule has 0 spiro atoms. The third-order valence-electron chi connectivity index (χ3n) is 4.50. The van der Waals surface area contributed by atoms with Gasteiger partial charge in [0.05, 0.1) is 18.0 Å². The summed E-state index contributed by atoms with van der Waals surface area (Å²) in [6.07, 6.45) is 2.23. The monoisotopic (exact) mass is 328 g/mol. The maximum absolute atomic E-state index is 12.4. The van der Waals surface area contributed by atoms with Gasteiger partial charge in [0.1, 0.15) is 5.69 Å². The summed E-state index contributed by atoms with van der Waals surface area (Å²) < 4.78 is 7.11. The Hall–Kier alpha value is -2.21. The van der Waals surface area contributed by atoms with Gasteiger partial charge in [-0.3, -0.25) is 9.48 Å². The van der Waals surface area contributed by atoms with Crippen LogP contribution in [-0.4, -0.2) is 34.3 Å². The van der Waals surface area contributed by atoms with E-state index in [-0.39, 0.29) is 11.3 Å². The Morgan fingerprint density at radius 1 is 1.38 bits per heavy atom. The number of carbonyl (C=O) groups excluding carboxylic acids is 1. The molecule has 6 heteroatoms. The summed E-state index contributed by atoms with van der Waals surface area (Å²) in [7, 11) is 1.62. The van der Waals surface area contributed by atoms with Crippen LogP contribution in [-0.2, 0) is 17.9 Å². The molecule has 1 N–H and O–H groups in total. The molecule has 0 radical (unpaired) electrons. The van der Waals surface area contributed by atoms with Crippen LogP contribution in [0.15, 0.2) is 24.3 Å². The molecule has 3 rings (SSSR count). The van der Waals surface area contributed by atoms with Gasteiger partial charge < -0.3 is 10.1 Å². The minimum Gasteiger partial charge on any atom is -0.378 e. The number of methoxy groups -OCH3 is 1. The van der Waals surface area contributed by atoms with Crippen LogP contribution in [0.5, 0.6) is 0 Å². The van der Waals surface area contributed by atoms with Crippen molar-refractivity contribution >= 4 is 5.91 Å². The van der Waals surface area contributed by atoms with Crippen molar-refractivity contribution in [3.05, 3.63) is 47.0 Å². The second-order valence-electron chi connectivity index (χ2n) is 6.71. The zero-order valence-corrected chi connectivity index (χ0v) is 14.5. The first kappa shape index (κ1) is 16.6. The van der Waals surface area contributed by atoms with Gasteiger partial charge in [0.15, 0.2) is 0 Å². The molecule has 1 amide bonds. The van der Waals surface area contributed by atoms with Gasteiger partial charge in [0, 0.05) is 31.3 Å². The molecule has 2 aromatic heterocycles. The van der Waals surface area contributed by atoms with E-state index in [1.165, 1.54) is 5.69 Å². The van der Waals surface area contributed by atoms with Gasteiger partial charge >= 0.3 is 0 Å². The van der Waals surface area contributed by atoms with Crippen LogP contribution in [0.25, 0.3) is 0 Å². The number of pyridine rings is 1. The Balaban J connectivity index is 1.59. The second kappa shape index (κ2) is 6.73. The molecule has 0 bridgehead atoms. The van der Waals surface area contributed by atoms with Crippen molar-refractivity contribution in [2.24, 2.45) is 5.41 Å². The summed E-state index contributed by atoms with van der Waals surface area (Å²) in [5, 5.41) is 7.56. The molecule has 1 fully saturated rings. The molecular formula is C18H24N4O2. The van der Waals surface area contributed by atoms with Crippen LogP contribution in [0.4, 0.5) is 0 Å². The Kier molecular flexibility index (Phi) is 4.66. The minimum absolute atomic E-state index is 0.128. The molecular weight excluding hydrogens is 304 g/mol. The van der Waals surface area contributed by atoms with Crippen molar-refractivity contribution in [3.63, 3.8) is 0 Å². The van der Waals surface area contributed by atoms with Crippen molar-refractivity contribution in [3.8, 4) is 0 Å². The van der Waals surface area contributed by atoms with E-state index in [1.54, 1.807) is 13.2 Å². The maximum atomic E-state index is 12.4. The highest BCUT2D eigenvalue weighted by Crippen LogP contribution is 2.46. The Bertz CT molecular complexity index is 734. The zero-order valence-electron chi connectivity index (χ0n) is 14.5. The average molecular weight is 328 g/mol. The number of amides is 1. The predicted molar refractivity (Wildman–Crippen MR) is 90.7 cm³/mol. The summed E-state index contributed by atoms with van der Waals surface area (Å²) in [5.74, 6) is -0.132. The summed E-state index contributed by atoms with van der Waals surface area (Å²) in [6, 6.07) is 7.50. The van der Waals surface area contributed by atoms with Crippen LogP contribution in [0.1, 0.15) is 40.4 Å². The van der Waals surface area contributed by atoms with Crippen LogP contribution in [0.3, 0.4) is 0 Å². The predicted octanol–water partition coefficient (Wildman–Crippen LogP) is 2.25. The highest BCUT2D eigenvalue weighted by atomic mass is 16.5. The number of nitrogens with one attached hydrogen (secondary N) is 1. The van der Waals surface area contributed by atoms with Gasteiger partial charge in [0.25, 0.3) is 5.91 Å². The van der Waals surface area contributed by atoms with Crippen molar-refractivity contribution < 1.29 is 9.53 Å². The number of carbonyl (C=O) groups is 1. The molecule has 1 aliphatic carbocycles. The topological polar surface area (TPSA) is 69.0 Å². The van der Waals surface area contributed by atoms with E-state index in [1.807, 2.05) is 23.7 Å². The van der Waals surface area contributed by atoms with Crippen LogP contribution in [0.2, 0.25) is 0 Å². The highest BCUT2D eigenvalue weighted by molar-refractivity contribution is 5.92.